The van der Waals surface area contributed by atoms with Gasteiger partial charge in [-0.3, -0.25) is 9.69 Å². The topological polar surface area (TPSA) is 79.4 Å². The van der Waals surface area contributed by atoms with Crippen molar-refractivity contribution in [1.82, 2.24) is 14.1 Å². The van der Waals surface area contributed by atoms with Gasteiger partial charge in [-0.05, 0) is 23.6 Å². The number of fused-ring (bicyclic) bond motifs is 1. The molecule has 0 unspecified atom stereocenters. The Bertz CT molecular complexity index is 1000. The zero-order valence-electron chi connectivity index (χ0n) is 17.5. The average molecular weight is 466 g/mol. The number of sulfonamides is 1. The molecule has 2 aromatic rings. The van der Waals surface area contributed by atoms with Crippen LogP contribution in [0.5, 0.6) is 11.5 Å². The first-order valence-electron chi connectivity index (χ1n) is 10.3. The van der Waals surface area contributed by atoms with Gasteiger partial charge in [-0.15, -0.1) is 11.3 Å². The van der Waals surface area contributed by atoms with Gasteiger partial charge < -0.3 is 14.4 Å². The summed E-state index contributed by atoms with van der Waals surface area (Å²) in [6.07, 6.45) is 0.764. The Morgan fingerprint density at radius 2 is 1.84 bits per heavy atom. The van der Waals surface area contributed by atoms with Crippen molar-refractivity contribution in [3.63, 3.8) is 0 Å². The third kappa shape index (κ3) is 5.20. The molecule has 4 rings (SSSR count). The lowest BCUT2D eigenvalue weighted by Crippen LogP contribution is -2.51. The molecule has 0 saturated carbocycles. The molecule has 10 heteroatoms. The molecule has 0 atom stereocenters. The number of piperazine rings is 1. The van der Waals surface area contributed by atoms with Crippen molar-refractivity contribution < 1.29 is 22.7 Å². The van der Waals surface area contributed by atoms with Gasteiger partial charge in [-0.25, -0.2) is 8.42 Å². The van der Waals surface area contributed by atoms with Crippen molar-refractivity contribution in [3.05, 3.63) is 40.6 Å². The average Bonchev–Trinajstić information content (AvgIpc) is 3.16. The van der Waals surface area contributed by atoms with Crippen LogP contribution in [0.25, 0.3) is 0 Å². The fraction of sp³-hybridized carbons (Fsp3) is 0.476. The molecule has 0 radical (unpaired) electrons. The van der Waals surface area contributed by atoms with Gasteiger partial charge in [0, 0.05) is 50.6 Å². The van der Waals surface area contributed by atoms with Gasteiger partial charge >= 0.3 is 0 Å². The van der Waals surface area contributed by atoms with Crippen LogP contribution in [0, 0.1) is 0 Å². The van der Waals surface area contributed by atoms with Crippen molar-refractivity contribution >= 4 is 27.3 Å². The zero-order chi connectivity index (χ0) is 21.8. The Kier molecular flexibility index (Phi) is 6.80. The number of carbonyl (C=O) groups is 1. The molecule has 1 aromatic carbocycles. The molecule has 1 aromatic heterocycles. The van der Waals surface area contributed by atoms with Crippen LogP contribution in [0.2, 0.25) is 0 Å². The maximum Gasteiger partial charge on any atom is 0.243 e. The lowest BCUT2D eigenvalue weighted by molar-refractivity contribution is -0.131. The molecule has 2 aliphatic rings. The lowest BCUT2D eigenvalue weighted by Gasteiger charge is -2.34. The maximum absolute atomic E-state index is 13.1. The molecule has 3 heterocycles. The normalized spacial score (nSPS) is 17.8. The van der Waals surface area contributed by atoms with Gasteiger partial charge in [0.25, 0.3) is 0 Å². The maximum atomic E-state index is 13.1. The number of amides is 1. The number of rotatable bonds is 6. The molecule has 2 aliphatic heterocycles. The summed E-state index contributed by atoms with van der Waals surface area (Å²) in [5.74, 6) is 1.08. The summed E-state index contributed by atoms with van der Waals surface area (Å²) < 4.78 is 38.9. The molecular formula is C21H27N3O5S2. The summed E-state index contributed by atoms with van der Waals surface area (Å²) in [7, 11) is -1.83. The third-order valence-corrected chi connectivity index (χ3v) is 8.20. The summed E-state index contributed by atoms with van der Waals surface area (Å²) in [6.45, 7) is 3.67. The smallest absolute Gasteiger partial charge is 0.243 e. The zero-order valence-corrected chi connectivity index (χ0v) is 19.2. The molecule has 168 valence electrons. The Labute approximate surface area is 187 Å². The summed E-state index contributed by atoms with van der Waals surface area (Å²) in [5, 5.41) is 2.00. The minimum absolute atomic E-state index is 0.0348. The minimum Gasteiger partial charge on any atom is -0.490 e. The highest BCUT2D eigenvalue weighted by Gasteiger charge is 2.30. The van der Waals surface area contributed by atoms with E-state index in [2.05, 4.69) is 0 Å². The first-order valence-corrected chi connectivity index (χ1v) is 12.6. The van der Waals surface area contributed by atoms with Gasteiger partial charge in [-0.2, -0.15) is 4.31 Å². The number of ether oxygens (including phenoxy) is 2. The second kappa shape index (κ2) is 9.56. The summed E-state index contributed by atoms with van der Waals surface area (Å²) in [6, 6.07) is 8.76. The monoisotopic (exact) mass is 465 g/mol. The van der Waals surface area contributed by atoms with Gasteiger partial charge in [0.05, 0.1) is 31.2 Å². The lowest BCUT2D eigenvalue weighted by atomic mass is 10.3. The van der Waals surface area contributed by atoms with E-state index in [0.717, 1.165) is 11.3 Å². The Balaban J connectivity index is 1.33. The molecular weight excluding hydrogens is 438 g/mol. The highest BCUT2D eigenvalue weighted by molar-refractivity contribution is 7.89. The van der Waals surface area contributed by atoms with Crippen LogP contribution in [0.3, 0.4) is 0 Å². The molecule has 0 spiro atoms. The van der Waals surface area contributed by atoms with Gasteiger partial charge in [0.2, 0.25) is 15.9 Å². The Hall–Kier alpha value is -2.14. The molecule has 1 saturated heterocycles. The van der Waals surface area contributed by atoms with E-state index in [0.29, 0.717) is 64.0 Å². The predicted octanol–water partition coefficient (Wildman–Crippen LogP) is 1.87. The first kappa shape index (κ1) is 22.1. The summed E-state index contributed by atoms with van der Waals surface area (Å²) in [5.41, 5.74) is 0. The highest BCUT2D eigenvalue weighted by atomic mass is 32.2. The third-order valence-electron chi connectivity index (χ3n) is 5.45. The predicted molar refractivity (Wildman–Crippen MR) is 118 cm³/mol. The standard InChI is InChI=1S/C21H27N3O5S2/c1-22(15-17-4-2-13-30-17)21(25)16-23-7-9-24(10-8-23)31(26,27)18-5-6-19-20(14-18)29-12-3-11-28-19/h2,4-6,13-14H,3,7-12,15-16H2,1H3. The second-order valence-electron chi connectivity index (χ2n) is 7.67. The van der Waals surface area contributed by atoms with E-state index in [1.807, 2.05) is 22.4 Å². The van der Waals surface area contributed by atoms with Gasteiger partial charge in [-0.1, -0.05) is 6.07 Å². The molecule has 0 bridgehead atoms. The van der Waals surface area contributed by atoms with Crippen LogP contribution in [-0.4, -0.2) is 81.4 Å². The summed E-state index contributed by atoms with van der Waals surface area (Å²) >= 11 is 1.63. The fourth-order valence-corrected chi connectivity index (χ4v) is 5.81. The number of nitrogens with zero attached hydrogens (tertiary/aromatic N) is 3. The SMILES string of the molecule is CN(Cc1cccs1)C(=O)CN1CCN(S(=O)(=O)c2ccc3c(c2)OCCCO3)CC1. The van der Waals surface area contributed by atoms with E-state index in [-0.39, 0.29) is 10.8 Å². The van der Waals surface area contributed by atoms with Crippen LogP contribution < -0.4 is 9.47 Å². The molecule has 0 N–H and O–H groups in total. The quantitative estimate of drug-likeness (QED) is 0.648. The molecule has 31 heavy (non-hydrogen) atoms. The fourth-order valence-electron chi connectivity index (χ4n) is 3.62. The van der Waals surface area contributed by atoms with Crippen molar-refractivity contribution in [1.29, 1.82) is 0 Å². The van der Waals surface area contributed by atoms with Crippen molar-refractivity contribution in [3.8, 4) is 11.5 Å². The highest BCUT2D eigenvalue weighted by Crippen LogP contribution is 2.33. The second-order valence-corrected chi connectivity index (χ2v) is 10.6. The van der Waals surface area contributed by atoms with E-state index < -0.39 is 10.0 Å². The Morgan fingerprint density at radius 1 is 1.10 bits per heavy atom. The van der Waals surface area contributed by atoms with Gasteiger partial charge in [0.15, 0.2) is 11.5 Å². The van der Waals surface area contributed by atoms with Crippen molar-refractivity contribution in [2.75, 3.05) is 53.0 Å². The van der Waals surface area contributed by atoms with E-state index in [1.165, 1.54) is 4.31 Å². The van der Waals surface area contributed by atoms with E-state index in [1.54, 1.807) is 41.5 Å². The number of hydrogen-bond acceptors (Lipinski definition) is 7. The van der Waals surface area contributed by atoms with E-state index in [4.69, 9.17) is 9.47 Å². The number of thiophene rings is 1. The van der Waals surface area contributed by atoms with Crippen LogP contribution >= 0.6 is 11.3 Å². The van der Waals surface area contributed by atoms with Crippen molar-refractivity contribution in [2.24, 2.45) is 0 Å². The number of benzene rings is 1. The minimum atomic E-state index is -3.63. The first-order chi connectivity index (χ1) is 14.9. The molecule has 0 aliphatic carbocycles. The van der Waals surface area contributed by atoms with Crippen LogP contribution in [0.1, 0.15) is 11.3 Å². The van der Waals surface area contributed by atoms with Crippen LogP contribution in [0.15, 0.2) is 40.6 Å². The van der Waals surface area contributed by atoms with E-state index >= 15 is 0 Å². The van der Waals surface area contributed by atoms with Crippen molar-refractivity contribution in [2.45, 2.75) is 17.9 Å². The molecule has 8 nitrogen and oxygen atoms in total. The largest absolute Gasteiger partial charge is 0.490 e. The Morgan fingerprint density at radius 3 is 2.55 bits per heavy atom. The molecule has 1 fully saturated rings. The van der Waals surface area contributed by atoms with Crippen LogP contribution in [-0.2, 0) is 21.4 Å². The number of hydrogen-bond donors (Lipinski definition) is 0. The number of carbonyl (C=O) groups excluding carboxylic acids is 1. The summed E-state index contributed by atoms with van der Waals surface area (Å²) in [4.78, 5) is 17.6. The number of likely N-dealkylation sites (N-methyl/N-ethyl adjacent to an activating group) is 1. The van der Waals surface area contributed by atoms with E-state index in [9.17, 15) is 13.2 Å². The van der Waals surface area contributed by atoms with Gasteiger partial charge in [0.1, 0.15) is 0 Å². The van der Waals surface area contributed by atoms with Crippen LogP contribution in [0.4, 0.5) is 0 Å². The molecule has 1 amide bonds.